The van der Waals surface area contributed by atoms with E-state index in [0.717, 1.165) is 24.0 Å². The van der Waals surface area contributed by atoms with Crippen molar-refractivity contribution in [1.82, 2.24) is 0 Å². The summed E-state index contributed by atoms with van der Waals surface area (Å²) < 4.78 is 13.8. The van der Waals surface area contributed by atoms with Crippen LogP contribution in [0.15, 0.2) is 42.5 Å². The first-order valence-electron chi connectivity index (χ1n) is 6.95. The predicted octanol–water partition coefficient (Wildman–Crippen LogP) is 3.39. The van der Waals surface area contributed by atoms with E-state index in [1.165, 1.54) is 6.07 Å². The normalized spacial score (nSPS) is 15.5. The van der Waals surface area contributed by atoms with Crippen LogP contribution < -0.4 is 11.1 Å². The largest absolute Gasteiger partial charge is 0.399 e. The second kappa shape index (κ2) is 4.88. The number of nitrogens with one attached hydrogen (secondary N) is 1. The third-order valence-electron chi connectivity index (χ3n) is 4.11. The van der Waals surface area contributed by atoms with Crippen molar-refractivity contribution in [3.05, 3.63) is 59.4 Å². The molecule has 1 fully saturated rings. The molecule has 0 saturated heterocycles. The average Bonchev–Trinajstić information content (AvgIpc) is 3.25. The first-order chi connectivity index (χ1) is 10.0. The van der Waals surface area contributed by atoms with Crippen LogP contribution in [0, 0.1) is 12.7 Å². The van der Waals surface area contributed by atoms with Gasteiger partial charge in [0.05, 0.1) is 11.1 Å². The lowest BCUT2D eigenvalue weighted by Gasteiger charge is -2.17. The van der Waals surface area contributed by atoms with Crippen molar-refractivity contribution < 1.29 is 9.18 Å². The molecule has 3 nitrogen and oxygen atoms in total. The van der Waals surface area contributed by atoms with E-state index >= 15 is 0 Å². The SMILES string of the molecule is Cc1cccc(F)c1NC(=O)C1(c2ccc(N)cc2)CC1. The molecule has 108 valence electrons. The lowest BCUT2D eigenvalue weighted by atomic mass is 9.94. The number of para-hydroxylation sites is 1. The number of hydrogen-bond acceptors (Lipinski definition) is 2. The summed E-state index contributed by atoms with van der Waals surface area (Å²) in [5.41, 5.74) is 7.73. The summed E-state index contributed by atoms with van der Waals surface area (Å²) in [7, 11) is 0. The molecule has 0 bridgehead atoms. The fourth-order valence-corrected chi connectivity index (χ4v) is 2.60. The number of carbonyl (C=O) groups is 1. The van der Waals surface area contributed by atoms with Crippen LogP contribution in [0.5, 0.6) is 0 Å². The number of hydrogen-bond donors (Lipinski definition) is 2. The standard InChI is InChI=1S/C17H17FN2O/c1-11-3-2-4-14(18)15(11)20-16(21)17(9-10-17)12-5-7-13(19)8-6-12/h2-8H,9-10,19H2,1H3,(H,20,21). The molecule has 2 aromatic carbocycles. The van der Waals surface area contributed by atoms with Gasteiger partial charge < -0.3 is 11.1 Å². The van der Waals surface area contributed by atoms with Crippen LogP contribution in [0.3, 0.4) is 0 Å². The lowest BCUT2D eigenvalue weighted by Crippen LogP contribution is -2.28. The molecule has 0 aromatic heterocycles. The Bertz CT molecular complexity index is 670. The van der Waals surface area contributed by atoms with Crippen LogP contribution in [0.1, 0.15) is 24.0 Å². The van der Waals surface area contributed by atoms with Gasteiger partial charge in [-0.2, -0.15) is 0 Å². The molecule has 0 spiro atoms. The van der Waals surface area contributed by atoms with Crippen molar-refractivity contribution >= 4 is 17.3 Å². The zero-order valence-electron chi connectivity index (χ0n) is 11.8. The van der Waals surface area contributed by atoms with E-state index < -0.39 is 11.2 Å². The molecule has 1 amide bonds. The number of aryl methyl sites for hydroxylation is 1. The zero-order valence-corrected chi connectivity index (χ0v) is 11.8. The molecule has 0 unspecified atom stereocenters. The molecule has 0 radical (unpaired) electrons. The molecule has 0 aliphatic heterocycles. The van der Waals surface area contributed by atoms with Crippen molar-refractivity contribution in [3.8, 4) is 0 Å². The van der Waals surface area contributed by atoms with Gasteiger partial charge in [0.2, 0.25) is 5.91 Å². The highest BCUT2D eigenvalue weighted by molar-refractivity contribution is 6.02. The Morgan fingerprint density at radius 3 is 2.43 bits per heavy atom. The molecule has 0 heterocycles. The van der Waals surface area contributed by atoms with Crippen LogP contribution in [0.4, 0.5) is 15.8 Å². The average molecular weight is 284 g/mol. The third kappa shape index (κ3) is 2.37. The molecule has 4 heteroatoms. The fourth-order valence-electron chi connectivity index (χ4n) is 2.60. The smallest absolute Gasteiger partial charge is 0.235 e. The van der Waals surface area contributed by atoms with E-state index in [4.69, 9.17) is 5.73 Å². The molecule has 1 aliphatic carbocycles. The molecular weight excluding hydrogens is 267 g/mol. The van der Waals surface area contributed by atoms with Gasteiger partial charge in [0.1, 0.15) is 5.82 Å². The minimum Gasteiger partial charge on any atom is -0.399 e. The van der Waals surface area contributed by atoms with Crippen molar-refractivity contribution in [3.63, 3.8) is 0 Å². The van der Waals surface area contributed by atoms with Gasteiger partial charge in [-0.05, 0) is 49.1 Å². The van der Waals surface area contributed by atoms with E-state index in [0.29, 0.717) is 5.69 Å². The Balaban J connectivity index is 1.87. The van der Waals surface area contributed by atoms with E-state index in [1.807, 2.05) is 12.1 Å². The van der Waals surface area contributed by atoms with Crippen molar-refractivity contribution in [2.75, 3.05) is 11.1 Å². The summed E-state index contributed by atoms with van der Waals surface area (Å²) >= 11 is 0. The number of nitrogens with two attached hydrogens (primary N) is 1. The summed E-state index contributed by atoms with van der Waals surface area (Å²) in [4.78, 5) is 12.6. The summed E-state index contributed by atoms with van der Waals surface area (Å²) in [5, 5.41) is 2.75. The number of anilines is 2. The van der Waals surface area contributed by atoms with E-state index in [1.54, 1.807) is 31.2 Å². The van der Waals surface area contributed by atoms with Gasteiger partial charge in [-0.3, -0.25) is 4.79 Å². The van der Waals surface area contributed by atoms with Crippen LogP contribution in [-0.4, -0.2) is 5.91 Å². The molecule has 3 rings (SSSR count). The Labute approximate surface area is 123 Å². The zero-order chi connectivity index (χ0) is 15.0. The van der Waals surface area contributed by atoms with Crippen molar-refractivity contribution in [1.29, 1.82) is 0 Å². The molecule has 0 atom stereocenters. The summed E-state index contributed by atoms with van der Waals surface area (Å²) in [6, 6.07) is 12.1. The highest BCUT2D eigenvalue weighted by Gasteiger charge is 2.51. The summed E-state index contributed by atoms with van der Waals surface area (Å²) in [6.45, 7) is 1.78. The van der Waals surface area contributed by atoms with Gasteiger partial charge in [-0.25, -0.2) is 4.39 Å². The van der Waals surface area contributed by atoms with Gasteiger partial charge in [-0.15, -0.1) is 0 Å². The second-order valence-electron chi connectivity index (χ2n) is 5.59. The minimum atomic E-state index is -0.539. The van der Waals surface area contributed by atoms with Gasteiger partial charge in [0.25, 0.3) is 0 Å². The maximum atomic E-state index is 13.8. The highest BCUT2D eigenvalue weighted by Crippen LogP contribution is 2.49. The molecule has 21 heavy (non-hydrogen) atoms. The molecule has 3 N–H and O–H groups in total. The summed E-state index contributed by atoms with van der Waals surface area (Å²) in [6.07, 6.45) is 1.55. The fraction of sp³-hybridized carbons (Fsp3) is 0.235. The first-order valence-corrected chi connectivity index (χ1v) is 6.95. The topological polar surface area (TPSA) is 55.1 Å². The number of amides is 1. The number of benzene rings is 2. The Kier molecular flexibility index (Phi) is 3.16. The van der Waals surface area contributed by atoms with Crippen LogP contribution >= 0.6 is 0 Å². The summed E-state index contributed by atoms with van der Waals surface area (Å²) in [5.74, 6) is -0.558. The maximum absolute atomic E-state index is 13.8. The Morgan fingerprint density at radius 1 is 1.19 bits per heavy atom. The molecular formula is C17H17FN2O. The van der Waals surface area contributed by atoms with E-state index in [2.05, 4.69) is 5.32 Å². The monoisotopic (exact) mass is 284 g/mol. The van der Waals surface area contributed by atoms with Crippen LogP contribution in [0.25, 0.3) is 0 Å². The van der Waals surface area contributed by atoms with Crippen LogP contribution in [0.2, 0.25) is 0 Å². The van der Waals surface area contributed by atoms with E-state index in [-0.39, 0.29) is 11.6 Å². The molecule has 2 aromatic rings. The Hall–Kier alpha value is -2.36. The van der Waals surface area contributed by atoms with E-state index in [9.17, 15) is 9.18 Å². The maximum Gasteiger partial charge on any atom is 0.235 e. The van der Waals surface area contributed by atoms with Gasteiger partial charge in [0, 0.05) is 5.69 Å². The number of rotatable bonds is 3. The Morgan fingerprint density at radius 2 is 1.86 bits per heavy atom. The molecule has 1 aliphatic rings. The number of carbonyl (C=O) groups excluding carboxylic acids is 1. The third-order valence-corrected chi connectivity index (χ3v) is 4.11. The van der Waals surface area contributed by atoms with Gasteiger partial charge in [0.15, 0.2) is 0 Å². The first kappa shape index (κ1) is 13.6. The van der Waals surface area contributed by atoms with Crippen molar-refractivity contribution in [2.45, 2.75) is 25.2 Å². The number of halogens is 1. The van der Waals surface area contributed by atoms with Gasteiger partial charge in [-0.1, -0.05) is 24.3 Å². The van der Waals surface area contributed by atoms with Crippen molar-refractivity contribution in [2.24, 2.45) is 0 Å². The quantitative estimate of drug-likeness (QED) is 0.849. The number of nitrogen functional groups attached to an aromatic ring is 1. The van der Waals surface area contributed by atoms with Gasteiger partial charge >= 0.3 is 0 Å². The lowest BCUT2D eigenvalue weighted by molar-refractivity contribution is -0.118. The minimum absolute atomic E-state index is 0.152. The highest BCUT2D eigenvalue weighted by atomic mass is 19.1. The second-order valence-corrected chi connectivity index (χ2v) is 5.59. The molecule has 1 saturated carbocycles. The van der Waals surface area contributed by atoms with Crippen LogP contribution in [-0.2, 0) is 10.2 Å². The predicted molar refractivity (Wildman–Crippen MR) is 81.5 cm³/mol.